The second-order valence-corrected chi connectivity index (χ2v) is 37.4. The Kier molecular flexibility index (Phi) is 29.1. The van der Waals surface area contributed by atoms with E-state index in [1.807, 2.05) is 102 Å². The van der Waals surface area contributed by atoms with E-state index in [1.54, 1.807) is 33.1 Å². The number of fused-ring (bicyclic) bond motifs is 3. The Bertz CT molecular complexity index is 4810. The molecule has 0 saturated heterocycles. The molecule has 0 amide bonds. The molecule has 0 fully saturated rings. The van der Waals surface area contributed by atoms with Crippen molar-refractivity contribution in [2.24, 2.45) is 34.9 Å². The lowest BCUT2D eigenvalue weighted by Gasteiger charge is -2.27. The quantitative estimate of drug-likeness (QED) is 0.0380. The van der Waals surface area contributed by atoms with E-state index >= 15 is 0 Å². The van der Waals surface area contributed by atoms with Crippen molar-refractivity contribution in [3.63, 3.8) is 0 Å². The van der Waals surface area contributed by atoms with Gasteiger partial charge in [-0.2, -0.15) is 9.91 Å². The minimum atomic E-state index is -0.308. The van der Waals surface area contributed by atoms with Gasteiger partial charge in [0.15, 0.2) is 11.6 Å². The van der Waals surface area contributed by atoms with Gasteiger partial charge in [0.25, 0.3) is 0 Å². The minimum Gasteiger partial charge on any atom is -0.497 e. The van der Waals surface area contributed by atoms with Crippen molar-refractivity contribution in [3.8, 4) is 17.2 Å². The maximum atomic E-state index is 6.16. The van der Waals surface area contributed by atoms with Crippen LogP contribution in [0.15, 0.2) is 158 Å². The van der Waals surface area contributed by atoms with Crippen LogP contribution in [0.3, 0.4) is 0 Å². The predicted molar refractivity (Wildman–Crippen MR) is 462 cm³/mol. The van der Waals surface area contributed by atoms with Crippen molar-refractivity contribution < 1.29 is 19.9 Å². The van der Waals surface area contributed by atoms with Gasteiger partial charge < -0.3 is 27.9 Å². The fraction of sp³-hybridized carbons (Fsp3) is 0.444. The number of tetrazole rings is 2. The summed E-state index contributed by atoms with van der Waals surface area (Å²) in [5.41, 5.74) is 11.3. The van der Waals surface area contributed by atoms with Gasteiger partial charge in [0.05, 0.1) is 34.1 Å². The maximum Gasteiger partial charge on any atom is 0.180 e. The third-order valence-electron chi connectivity index (χ3n) is 17.4. The summed E-state index contributed by atoms with van der Waals surface area (Å²) in [5.74, 6) is 4.18. The summed E-state index contributed by atoms with van der Waals surface area (Å²) in [5, 5.41) is 43.5. The Morgan fingerprint density at radius 2 is 0.800 bits per heavy atom. The largest absolute Gasteiger partial charge is 0.497 e. The van der Waals surface area contributed by atoms with Crippen LogP contribution in [0.1, 0.15) is 170 Å². The lowest BCUT2D eigenvalue weighted by atomic mass is 9.82. The van der Waals surface area contributed by atoms with Crippen LogP contribution in [0.2, 0.25) is 15.1 Å². The van der Waals surface area contributed by atoms with Crippen molar-refractivity contribution in [3.05, 3.63) is 188 Å². The minimum absolute atomic E-state index is 0. The van der Waals surface area contributed by atoms with Gasteiger partial charge in [-0.25, -0.2) is 4.68 Å². The van der Waals surface area contributed by atoms with Crippen molar-refractivity contribution in [2.75, 3.05) is 32.8 Å². The molecule has 0 bridgehead atoms. The summed E-state index contributed by atoms with van der Waals surface area (Å²) in [4.78, 5) is 7.34. The zero-order valence-corrected chi connectivity index (χ0v) is 70.2. The molecule has 572 valence electrons. The van der Waals surface area contributed by atoms with Crippen molar-refractivity contribution in [2.45, 2.75) is 197 Å². The van der Waals surface area contributed by atoms with Crippen LogP contribution in [0.4, 0.5) is 0 Å². The molecule has 0 saturated carbocycles. The highest BCUT2D eigenvalue weighted by Gasteiger charge is 2.36. The molecule has 6 heterocycles. The Hall–Kier alpha value is -6.60. The Morgan fingerprint density at radius 1 is 0.457 bits per heavy atom. The number of aromatic nitrogens is 11. The van der Waals surface area contributed by atoms with Crippen molar-refractivity contribution in [1.29, 1.82) is 0 Å². The van der Waals surface area contributed by atoms with E-state index in [2.05, 4.69) is 259 Å². The molecule has 1 aliphatic heterocycles. The summed E-state index contributed by atoms with van der Waals surface area (Å²) in [6, 6.07) is 43.3. The van der Waals surface area contributed by atoms with Crippen LogP contribution in [0, 0.1) is 5.41 Å². The molecule has 105 heavy (non-hydrogen) atoms. The molecule has 12 rings (SSSR count). The molecule has 0 spiro atoms. The van der Waals surface area contributed by atoms with Gasteiger partial charge in [-0.15, -0.1) is 55.7 Å². The lowest BCUT2D eigenvalue weighted by molar-refractivity contribution is 0.415. The van der Waals surface area contributed by atoms with Crippen molar-refractivity contribution >= 4 is 131 Å². The Balaban J connectivity index is 0.000000408. The van der Waals surface area contributed by atoms with Crippen LogP contribution in [-0.2, 0) is 63.8 Å². The third kappa shape index (κ3) is 21.6. The van der Waals surface area contributed by atoms with Gasteiger partial charge in [0.1, 0.15) is 23.8 Å². The number of rotatable bonds is 21. The van der Waals surface area contributed by atoms with Gasteiger partial charge in [-0.3, -0.25) is 0 Å². The van der Waals surface area contributed by atoms with E-state index in [-0.39, 0.29) is 51.0 Å². The van der Waals surface area contributed by atoms with E-state index in [0.717, 1.165) is 88.6 Å². The van der Waals surface area contributed by atoms with Crippen LogP contribution in [0.5, 0.6) is 17.2 Å². The first-order chi connectivity index (χ1) is 48.5. The molecule has 0 unspecified atom stereocenters. The van der Waals surface area contributed by atoms with Gasteiger partial charge in [-0.1, -0.05) is 213 Å². The zero-order valence-electron chi connectivity index (χ0n) is 63.3. The molecule has 17 nitrogen and oxygen atoms in total. The van der Waals surface area contributed by atoms with Crippen LogP contribution < -0.4 is 14.2 Å². The summed E-state index contributed by atoms with van der Waals surface area (Å²) >= 11 is 26.3. The number of ether oxygens (including phenoxy) is 3. The molecule has 0 radical (unpaired) electrons. The molecule has 24 heteroatoms. The first kappa shape index (κ1) is 85.6. The molecule has 5 aromatic heterocycles. The van der Waals surface area contributed by atoms with Gasteiger partial charge in [-0.05, 0) is 140 Å². The third-order valence-corrected chi connectivity index (χ3v) is 21.9. The van der Waals surface area contributed by atoms with Crippen LogP contribution >= 0.6 is 92.7 Å². The molecular weight excluding hydrogens is 1550 g/mol. The Labute approximate surface area is 670 Å². The first-order valence-corrected chi connectivity index (χ1v) is 39.9. The average molecular weight is 1660 g/mol. The predicted octanol–water partition coefficient (Wildman–Crippen LogP) is 23.5. The number of halogens is 4. The average Bonchev–Trinajstić information content (AvgIpc) is 1.61. The molecule has 0 N–H and O–H groups in total. The van der Waals surface area contributed by atoms with E-state index in [9.17, 15) is 0 Å². The smallest absolute Gasteiger partial charge is 0.180 e. The molecule has 6 aromatic carbocycles. The van der Waals surface area contributed by atoms with E-state index in [1.165, 1.54) is 86.0 Å². The van der Waals surface area contributed by atoms with E-state index < -0.39 is 0 Å². The fourth-order valence-electron chi connectivity index (χ4n) is 12.5. The maximum absolute atomic E-state index is 6.16. The van der Waals surface area contributed by atoms with Crippen LogP contribution in [0.25, 0.3) is 32.7 Å². The number of nitrogens with zero attached hydrogens (tertiary/aromatic N) is 14. The summed E-state index contributed by atoms with van der Waals surface area (Å²) in [7, 11) is 8.85. The first-order valence-electron chi connectivity index (χ1n) is 34.2. The molecule has 0 atom stereocenters. The number of thioether (sulfide) groups is 3. The van der Waals surface area contributed by atoms with Crippen LogP contribution in [-0.4, -0.2) is 107 Å². The molecule has 1 aliphatic rings. The lowest BCUT2D eigenvalue weighted by Crippen LogP contribution is -2.29. The highest BCUT2D eigenvalue weighted by Crippen LogP contribution is 2.48. The monoisotopic (exact) mass is 1660 g/mol. The molecule has 0 aliphatic carbocycles. The number of alkyl halides is 1. The van der Waals surface area contributed by atoms with Gasteiger partial charge in [0.2, 0.25) is 0 Å². The Morgan fingerprint density at radius 3 is 1.09 bits per heavy atom. The number of hydrogen-bond donors (Lipinski definition) is 0. The standard InChI is InChI=1S/2C26H32ClN5OS.C26H31ClN4OS.CH3I.2CH4.4H2/c1-25(2,3)34-23-20-14-19(33-7)12-13-21(20)32(16-17-8-10-18(27)11-9-17)22(23)15-26(4,5)24-28-29-30-31(24)6;1-25(2,3)34-23-20-14-19(33-7)12-13-21(20)32(16-17-8-10-18(27)11-9-17)22(23)15-26(4,5)24-28-30-31(6)29-24;1-25(2,3)33-24-20-13-19(32-6)11-12-21(20)31(16-17-7-9-18(27)10-8-17)22(24)14-26(4,5)23-15-28-30-29-23;1-2;;;;;;/h2*8-14H,15-16H2,1-7H3;7-13H,14-16H2,1-6H3;1H3;2*1H4;4*1H. The van der Waals surface area contributed by atoms with E-state index in [0.29, 0.717) is 6.54 Å². The SMILES string of the molecule is C.C.CI.COc1ccc2c(c1)c(SC(C)(C)C)c(CC(C)(C)C1=NN=NC1)n2Cc1ccc(Cl)cc1.COc1ccc2c(c1)c(SC(C)(C)C)c(CC(C)(C)c1nnn(C)n1)n2Cc1ccc(Cl)cc1.COc1ccc2c(c1)c(SC(C)(C)C)c(CC(C)(C)c1nnnn1C)n2Cc1ccc(Cl)cc1.[HH].[HH].[HH].[HH]. The number of hydrogen-bond acceptors (Lipinski definition) is 15. The number of methoxy groups -OCH3 is 3. The van der Waals surface area contributed by atoms with Crippen molar-refractivity contribution in [1.82, 2.24) is 54.1 Å². The summed E-state index contributed by atoms with van der Waals surface area (Å²) in [6.07, 6.45) is 2.38. The summed E-state index contributed by atoms with van der Waals surface area (Å²) < 4.78 is 26.0. The second-order valence-electron chi connectivity index (χ2n) is 30.6. The van der Waals surface area contributed by atoms with Gasteiger partial charge in [0, 0.05) is 155 Å². The highest BCUT2D eigenvalue weighted by atomic mass is 127. The topological polar surface area (TPSA) is 167 Å². The zero-order chi connectivity index (χ0) is 75.1. The molecule has 11 aromatic rings. The number of aryl methyl sites for hydroxylation is 2. The summed E-state index contributed by atoms with van der Waals surface area (Å²) in [6.45, 7) is 36.3. The van der Waals surface area contributed by atoms with Gasteiger partial charge >= 0.3 is 0 Å². The fourth-order valence-corrected chi connectivity index (χ4v) is 16.5. The highest BCUT2D eigenvalue weighted by molar-refractivity contribution is 14.1. The molecular formula is C81H114Cl3IN14O3S3. The second kappa shape index (κ2) is 35.6. The van der Waals surface area contributed by atoms with E-state index in [4.69, 9.17) is 49.0 Å². The number of benzene rings is 6. The normalized spacial score (nSPS) is 12.6.